The van der Waals surface area contributed by atoms with Crippen LogP contribution in [0.4, 0.5) is 0 Å². The van der Waals surface area contributed by atoms with E-state index in [0.717, 1.165) is 0 Å². The molecule has 0 N–H and O–H groups in total. The third-order valence-electron chi connectivity index (χ3n) is 0.410. The Labute approximate surface area is 48.6 Å². The van der Waals surface area contributed by atoms with Crippen LogP contribution in [0.5, 0.6) is 0 Å². The van der Waals surface area contributed by atoms with Crippen molar-refractivity contribution >= 4 is 17.3 Å². The Morgan fingerprint density at radius 1 is 1.62 bits per heavy atom. The van der Waals surface area contributed by atoms with Crippen LogP contribution in [0.2, 0.25) is 0 Å². The third kappa shape index (κ3) is 3.76. The van der Waals surface area contributed by atoms with Crippen LogP contribution in [0.25, 0.3) is 0 Å². The molecule has 47 valence electrons. The lowest BCUT2D eigenvalue weighted by atomic mass is 10.5. The lowest BCUT2D eigenvalue weighted by molar-refractivity contribution is 0.295. The molecule has 0 saturated heterocycles. The second-order valence-electron chi connectivity index (χ2n) is 1.09. The van der Waals surface area contributed by atoms with Crippen LogP contribution in [0.15, 0.2) is 0 Å². The van der Waals surface area contributed by atoms with Gasteiger partial charge in [0.2, 0.25) is 6.29 Å². The van der Waals surface area contributed by atoms with E-state index in [4.69, 9.17) is 0 Å². The minimum absolute atomic E-state index is 0.976. The highest BCUT2D eigenvalue weighted by molar-refractivity contribution is 7.67. The summed E-state index contributed by atoms with van der Waals surface area (Å²) in [6.45, 7) is 1.29. The van der Waals surface area contributed by atoms with Gasteiger partial charge >= 0.3 is 0 Å². The summed E-state index contributed by atoms with van der Waals surface area (Å²) in [6.07, 6.45) is 0.364. The third-order valence-corrected chi connectivity index (χ3v) is 0.899. The lowest BCUT2D eigenvalue weighted by Gasteiger charge is -1.91. The number of hydrogen-bond donors (Lipinski definition) is 1. The van der Waals surface area contributed by atoms with Crippen molar-refractivity contribution in [2.45, 2.75) is 13.0 Å². The van der Waals surface area contributed by atoms with Gasteiger partial charge in [0.15, 0.2) is 0 Å². The molecule has 5 heteroatoms. The van der Waals surface area contributed by atoms with E-state index in [-0.39, 0.29) is 0 Å². The molecule has 0 rings (SSSR count). The molecule has 1 radical (unpaired) electrons. The summed E-state index contributed by atoms with van der Waals surface area (Å²) in [6, 6.07) is 0. The highest BCUT2D eigenvalue weighted by atomic mass is 32.2. The molecule has 0 aromatic rings. The molecule has 0 bridgehead atoms. The van der Waals surface area contributed by atoms with E-state index in [9.17, 15) is 13.2 Å². The average molecular weight is 137 g/mol. The van der Waals surface area contributed by atoms with Crippen molar-refractivity contribution in [3.63, 3.8) is 0 Å². The summed E-state index contributed by atoms with van der Waals surface area (Å²) in [4.78, 5) is 9.52. The smallest absolute Gasteiger partial charge is 0.257 e. The molecule has 1 atom stereocenters. The van der Waals surface area contributed by atoms with Gasteiger partial charge in [0.1, 0.15) is 6.10 Å². The predicted molar refractivity (Wildman–Crippen MR) is 26.6 cm³/mol. The Hall–Kier alpha value is -0.420. The summed E-state index contributed by atoms with van der Waals surface area (Å²) in [5, 5.41) is 0. The highest BCUT2D eigenvalue weighted by Gasteiger charge is 1.98. The minimum Gasteiger partial charge on any atom is -0.288 e. The highest BCUT2D eigenvalue weighted by Crippen LogP contribution is 1.82. The van der Waals surface area contributed by atoms with Gasteiger partial charge in [-0.15, -0.1) is 0 Å². The zero-order chi connectivity index (χ0) is 6.57. The fourth-order valence-corrected chi connectivity index (χ4v) is 0.452. The van der Waals surface area contributed by atoms with Gasteiger partial charge in [-0.25, -0.2) is 8.42 Å². The van der Waals surface area contributed by atoms with Gasteiger partial charge in [-0.1, -0.05) is 0 Å². The van der Waals surface area contributed by atoms with Crippen LogP contribution in [0, 0.1) is 0 Å². The van der Waals surface area contributed by atoms with E-state index >= 15 is 0 Å². The molecule has 0 aromatic carbocycles. The van der Waals surface area contributed by atoms with Crippen molar-refractivity contribution in [2.75, 3.05) is 0 Å². The first-order valence-electron chi connectivity index (χ1n) is 1.85. The number of thiol groups is 1. The predicted octanol–water partition coefficient (Wildman–Crippen LogP) is -0.972. The normalized spacial score (nSPS) is 13.8. The van der Waals surface area contributed by atoms with Crippen LogP contribution < -0.4 is 0 Å². The summed E-state index contributed by atoms with van der Waals surface area (Å²) in [5.41, 5.74) is 0. The van der Waals surface area contributed by atoms with Gasteiger partial charge in [0.05, 0.1) is 0 Å². The van der Waals surface area contributed by atoms with Crippen LogP contribution >= 0.6 is 0 Å². The Kier molecular flexibility index (Phi) is 3.38. The molecule has 0 aliphatic carbocycles. The fourth-order valence-electron chi connectivity index (χ4n) is 0.151. The molecule has 0 aromatic heterocycles. The summed E-state index contributed by atoms with van der Waals surface area (Å²) in [5.74, 6) is 0. The Balaban J connectivity index is 3.54. The second-order valence-corrected chi connectivity index (χ2v) is 1.75. The van der Waals surface area contributed by atoms with Gasteiger partial charge in [-0.2, -0.15) is 0 Å². The monoisotopic (exact) mass is 137 g/mol. The van der Waals surface area contributed by atoms with Crippen molar-refractivity contribution in [1.29, 1.82) is 0 Å². The van der Waals surface area contributed by atoms with E-state index in [1.54, 1.807) is 0 Å². The van der Waals surface area contributed by atoms with Crippen molar-refractivity contribution < 1.29 is 17.4 Å². The number of hydrogen-bond acceptors (Lipinski definition) is 4. The largest absolute Gasteiger partial charge is 0.288 e. The zero-order valence-corrected chi connectivity index (χ0v) is 5.05. The lowest BCUT2D eigenvalue weighted by Crippen LogP contribution is -2.06. The van der Waals surface area contributed by atoms with Gasteiger partial charge in [-0.3, -0.25) is 8.98 Å². The maximum Gasteiger partial charge on any atom is 0.257 e. The van der Waals surface area contributed by atoms with Crippen molar-refractivity contribution in [1.82, 2.24) is 0 Å². The van der Waals surface area contributed by atoms with E-state index in [1.165, 1.54) is 13.2 Å². The Morgan fingerprint density at radius 2 is 2.12 bits per heavy atom. The number of rotatable bonds is 3. The maximum absolute atomic E-state index is 9.60. The molecule has 0 heterocycles. The minimum atomic E-state index is -2.91. The molecular formula is C3H5O4S. The molecule has 0 aliphatic rings. The first-order valence-corrected chi connectivity index (χ1v) is 2.95. The van der Waals surface area contributed by atoms with E-state index < -0.39 is 17.1 Å². The molecule has 4 nitrogen and oxygen atoms in total. The van der Waals surface area contributed by atoms with E-state index in [1.807, 2.05) is 0 Å². The fraction of sp³-hybridized carbons (Fsp3) is 0.667. The molecule has 0 amide bonds. The Morgan fingerprint density at radius 3 is 2.25 bits per heavy atom. The maximum atomic E-state index is 9.60. The SMILES string of the molecule is CC([C]=O)O[SH](=O)=O. The molecule has 1 unspecified atom stereocenters. The zero-order valence-electron chi connectivity index (χ0n) is 4.16. The average Bonchev–Trinajstić information content (AvgIpc) is 1.65. The Bertz CT molecular complexity index is 130. The standard InChI is InChI=1S/C3H5O4S/c1-3(2-4)7-8(5)6/h3,8H,1H3. The molecule has 0 aliphatic heterocycles. The molecular weight excluding hydrogens is 132 g/mol. The molecule has 0 spiro atoms. The van der Waals surface area contributed by atoms with Gasteiger partial charge < -0.3 is 0 Å². The van der Waals surface area contributed by atoms with Crippen molar-refractivity contribution in [3.8, 4) is 0 Å². The number of carbonyl (C=O) groups excluding carboxylic acids is 1. The molecule has 0 saturated carbocycles. The topological polar surface area (TPSA) is 60.4 Å². The quantitative estimate of drug-likeness (QED) is 0.508. The van der Waals surface area contributed by atoms with Crippen molar-refractivity contribution in [2.24, 2.45) is 0 Å². The first kappa shape index (κ1) is 7.58. The first-order chi connectivity index (χ1) is 3.66. The summed E-state index contributed by atoms with van der Waals surface area (Å²) in [7, 11) is -2.91. The van der Waals surface area contributed by atoms with Crippen LogP contribution in [-0.4, -0.2) is 20.8 Å². The van der Waals surface area contributed by atoms with Crippen molar-refractivity contribution in [3.05, 3.63) is 0 Å². The van der Waals surface area contributed by atoms with Gasteiger partial charge in [0.25, 0.3) is 11.0 Å². The van der Waals surface area contributed by atoms with Crippen LogP contribution in [-0.2, 0) is 20.0 Å². The van der Waals surface area contributed by atoms with Crippen LogP contribution in [0.1, 0.15) is 6.92 Å². The van der Waals surface area contributed by atoms with E-state index in [2.05, 4.69) is 4.18 Å². The second kappa shape index (κ2) is 3.57. The summed E-state index contributed by atoms with van der Waals surface area (Å²) >= 11 is 0. The molecule has 8 heavy (non-hydrogen) atoms. The van der Waals surface area contributed by atoms with E-state index in [0.29, 0.717) is 0 Å². The summed E-state index contributed by atoms with van der Waals surface area (Å²) < 4.78 is 23.1. The van der Waals surface area contributed by atoms with Crippen LogP contribution in [0.3, 0.4) is 0 Å². The molecule has 0 fully saturated rings. The van der Waals surface area contributed by atoms with Gasteiger partial charge in [0, 0.05) is 0 Å². The van der Waals surface area contributed by atoms with Gasteiger partial charge in [-0.05, 0) is 6.92 Å².